The minimum atomic E-state index is 0.358. The quantitative estimate of drug-likeness (QED) is 0.632. The van der Waals surface area contributed by atoms with Crippen LogP contribution in [0.1, 0.15) is 61.3 Å². The fourth-order valence-electron chi connectivity index (χ4n) is 3.76. The zero-order valence-electron chi connectivity index (χ0n) is 11.1. The second kappa shape index (κ2) is 5.41. The lowest BCUT2D eigenvalue weighted by molar-refractivity contribution is 0.273. The van der Waals surface area contributed by atoms with Gasteiger partial charge in [0.15, 0.2) is 0 Å². The summed E-state index contributed by atoms with van der Waals surface area (Å²) < 4.78 is 0. The van der Waals surface area contributed by atoms with Crippen LogP contribution in [0.25, 0.3) is 0 Å². The number of fused-ring (bicyclic) bond motifs is 1. The Hall–Kier alpha value is -0.860. The highest BCUT2D eigenvalue weighted by molar-refractivity contribution is 5.36. The average Bonchev–Trinajstić information content (AvgIpc) is 2.88. The molecule has 0 heterocycles. The first-order valence-electron chi connectivity index (χ1n) is 7.46. The van der Waals surface area contributed by atoms with E-state index < -0.39 is 0 Å². The van der Waals surface area contributed by atoms with E-state index in [2.05, 4.69) is 23.6 Å². The number of benzene rings is 1. The SMILES string of the molecule is NNC(c1ccc2c(c1)CCC2)C1CCCCC1. The number of hydrogen-bond acceptors (Lipinski definition) is 2. The standard InChI is InChI=1S/C16H24N2/c17-18-16(13-5-2-1-3-6-13)15-10-9-12-7-4-8-14(12)11-15/h9-11,13,16,18H,1-8,17H2. The molecule has 1 saturated carbocycles. The van der Waals surface area contributed by atoms with Crippen LogP contribution in [0.4, 0.5) is 0 Å². The van der Waals surface area contributed by atoms with Crippen LogP contribution in [0.15, 0.2) is 18.2 Å². The molecule has 1 fully saturated rings. The van der Waals surface area contributed by atoms with Gasteiger partial charge in [0.2, 0.25) is 0 Å². The van der Waals surface area contributed by atoms with Crippen LogP contribution in [-0.4, -0.2) is 0 Å². The molecule has 1 aromatic carbocycles. The third-order valence-electron chi connectivity index (χ3n) is 4.78. The van der Waals surface area contributed by atoms with Gasteiger partial charge in [-0.3, -0.25) is 11.3 Å². The fraction of sp³-hybridized carbons (Fsp3) is 0.625. The smallest absolute Gasteiger partial charge is 0.0488 e. The maximum Gasteiger partial charge on any atom is 0.0488 e. The molecular formula is C16H24N2. The summed E-state index contributed by atoms with van der Waals surface area (Å²) in [4.78, 5) is 0. The lowest BCUT2D eigenvalue weighted by Crippen LogP contribution is -2.34. The number of hydrogen-bond donors (Lipinski definition) is 2. The Bertz CT molecular complexity index is 408. The summed E-state index contributed by atoms with van der Waals surface area (Å²) in [5.41, 5.74) is 7.60. The predicted octanol–water partition coefficient (Wildman–Crippen LogP) is 3.26. The van der Waals surface area contributed by atoms with Gasteiger partial charge in [-0.25, -0.2) is 0 Å². The Morgan fingerprint density at radius 1 is 1.00 bits per heavy atom. The molecule has 18 heavy (non-hydrogen) atoms. The molecule has 0 amide bonds. The molecule has 1 unspecified atom stereocenters. The first-order chi connectivity index (χ1) is 8.88. The van der Waals surface area contributed by atoms with Crippen molar-refractivity contribution in [2.45, 2.75) is 57.4 Å². The van der Waals surface area contributed by atoms with Crippen molar-refractivity contribution < 1.29 is 0 Å². The van der Waals surface area contributed by atoms with Crippen molar-refractivity contribution in [3.05, 3.63) is 34.9 Å². The Morgan fingerprint density at radius 3 is 2.56 bits per heavy atom. The highest BCUT2D eigenvalue weighted by Gasteiger charge is 2.25. The third-order valence-corrected chi connectivity index (χ3v) is 4.78. The highest BCUT2D eigenvalue weighted by atomic mass is 15.2. The van der Waals surface area contributed by atoms with E-state index in [0.717, 1.165) is 5.92 Å². The fourth-order valence-corrected chi connectivity index (χ4v) is 3.76. The zero-order chi connectivity index (χ0) is 12.4. The number of rotatable bonds is 3. The van der Waals surface area contributed by atoms with E-state index in [-0.39, 0.29) is 0 Å². The molecule has 0 aliphatic heterocycles. The van der Waals surface area contributed by atoms with Gasteiger partial charge in [0, 0.05) is 6.04 Å². The van der Waals surface area contributed by atoms with Crippen molar-refractivity contribution in [3.8, 4) is 0 Å². The van der Waals surface area contributed by atoms with Gasteiger partial charge >= 0.3 is 0 Å². The molecule has 0 saturated heterocycles. The minimum absolute atomic E-state index is 0.358. The van der Waals surface area contributed by atoms with Gasteiger partial charge in [-0.15, -0.1) is 0 Å². The van der Waals surface area contributed by atoms with Crippen LogP contribution < -0.4 is 11.3 Å². The van der Waals surface area contributed by atoms with Gasteiger partial charge in [-0.1, -0.05) is 37.5 Å². The minimum Gasteiger partial charge on any atom is -0.271 e. The summed E-state index contributed by atoms with van der Waals surface area (Å²) in [6.07, 6.45) is 10.6. The molecule has 0 spiro atoms. The van der Waals surface area contributed by atoms with Gasteiger partial charge in [-0.05, 0) is 54.7 Å². The predicted molar refractivity (Wildman–Crippen MR) is 75.1 cm³/mol. The van der Waals surface area contributed by atoms with Gasteiger partial charge < -0.3 is 0 Å². The second-order valence-electron chi connectivity index (χ2n) is 5.92. The molecule has 3 rings (SSSR count). The maximum absolute atomic E-state index is 5.83. The molecule has 2 aliphatic carbocycles. The normalized spacial score (nSPS) is 21.8. The molecular weight excluding hydrogens is 220 g/mol. The molecule has 0 aromatic heterocycles. The van der Waals surface area contributed by atoms with Crippen molar-refractivity contribution in [3.63, 3.8) is 0 Å². The van der Waals surface area contributed by atoms with Crippen molar-refractivity contribution >= 4 is 0 Å². The van der Waals surface area contributed by atoms with Gasteiger partial charge in [0.25, 0.3) is 0 Å². The van der Waals surface area contributed by atoms with E-state index in [1.54, 1.807) is 11.1 Å². The maximum atomic E-state index is 5.83. The number of nitrogens with two attached hydrogens (primary N) is 1. The Labute approximate surface area is 110 Å². The van der Waals surface area contributed by atoms with Crippen LogP contribution in [-0.2, 0) is 12.8 Å². The molecule has 3 N–H and O–H groups in total. The number of nitrogens with one attached hydrogen (secondary N) is 1. The van der Waals surface area contributed by atoms with E-state index >= 15 is 0 Å². The number of hydrazine groups is 1. The largest absolute Gasteiger partial charge is 0.271 e. The van der Waals surface area contributed by atoms with E-state index in [1.807, 2.05) is 0 Å². The van der Waals surface area contributed by atoms with Crippen molar-refractivity contribution in [2.75, 3.05) is 0 Å². The van der Waals surface area contributed by atoms with Gasteiger partial charge in [0.05, 0.1) is 0 Å². The molecule has 2 aliphatic rings. The summed E-state index contributed by atoms with van der Waals surface area (Å²) in [5, 5.41) is 0. The molecule has 2 heteroatoms. The second-order valence-corrected chi connectivity index (χ2v) is 5.92. The average molecular weight is 244 g/mol. The topological polar surface area (TPSA) is 38.0 Å². The Morgan fingerprint density at radius 2 is 1.78 bits per heavy atom. The molecule has 98 valence electrons. The lowest BCUT2D eigenvalue weighted by atomic mass is 9.81. The summed E-state index contributed by atoms with van der Waals surface area (Å²) in [5.74, 6) is 6.56. The first-order valence-corrected chi connectivity index (χ1v) is 7.46. The van der Waals surface area contributed by atoms with E-state index in [1.165, 1.54) is 56.9 Å². The molecule has 1 atom stereocenters. The summed E-state index contributed by atoms with van der Waals surface area (Å²) in [7, 11) is 0. The molecule has 0 bridgehead atoms. The monoisotopic (exact) mass is 244 g/mol. The Balaban J connectivity index is 1.82. The zero-order valence-corrected chi connectivity index (χ0v) is 11.1. The van der Waals surface area contributed by atoms with Crippen LogP contribution in [0.2, 0.25) is 0 Å². The number of aryl methyl sites for hydroxylation is 2. The highest BCUT2D eigenvalue weighted by Crippen LogP contribution is 2.35. The third kappa shape index (κ3) is 2.32. The summed E-state index contributed by atoms with van der Waals surface area (Å²) in [6.45, 7) is 0. The lowest BCUT2D eigenvalue weighted by Gasteiger charge is -2.30. The van der Waals surface area contributed by atoms with Gasteiger partial charge in [0.1, 0.15) is 0 Å². The molecule has 2 nitrogen and oxygen atoms in total. The van der Waals surface area contributed by atoms with Crippen LogP contribution in [0.5, 0.6) is 0 Å². The first kappa shape index (κ1) is 12.2. The van der Waals surface area contributed by atoms with Crippen LogP contribution in [0, 0.1) is 5.92 Å². The van der Waals surface area contributed by atoms with Crippen molar-refractivity contribution in [1.29, 1.82) is 0 Å². The Kier molecular flexibility index (Phi) is 3.67. The van der Waals surface area contributed by atoms with Crippen LogP contribution >= 0.6 is 0 Å². The van der Waals surface area contributed by atoms with Crippen molar-refractivity contribution in [1.82, 2.24) is 5.43 Å². The van der Waals surface area contributed by atoms with E-state index in [0.29, 0.717) is 6.04 Å². The molecule has 0 radical (unpaired) electrons. The van der Waals surface area contributed by atoms with Gasteiger partial charge in [-0.2, -0.15) is 0 Å². The van der Waals surface area contributed by atoms with Crippen molar-refractivity contribution in [2.24, 2.45) is 11.8 Å². The van der Waals surface area contributed by atoms with E-state index in [4.69, 9.17) is 5.84 Å². The summed E-state index contributed by atoms with van der Waals surface area (Å²) >= 11 is 0. The van der Waals surface area contributed by atoms with E-state index in [9.17, 15) is 0 Å². The van der Waals surface area contributed by atoms with Crippen LogP contribution in [0.3, 0.4) is 0 Å². The molecule has 1 aromatic rings. The summed E-state index contributed by atoms with van der Waals surface area (Å²) in [6, 6.07) is 7.38.